The lowest BCUT2D eigenvalue weighted by molar-refractivity contribution is 0.0955. The van der Waals surface area contributed by atoms with E-state index in [1.807, 2.05) is 24.3 Å². The molecular weight excluding hydrogens is 331 g/mol. The smallest absolute Gasteiger partial charge is 0.261 e. The standard InChI is InChI=1S/C17H11FN2OS2/c18-11-5-6-13-10(7-11)8-15(22-13)17(21)19-9-16-20-12-3-1-2-4-14(12)23-16/h1-8H,9H2,(H,19,21). The van der Waals surface area contributed by atoms with Gasteiger partial charge in [-0.25, -0.2) is 9.37 Å². The molecule has 0 aliphatic rings. The Kier molecular flexibility index (Phi) is 3.55. The lowest BCUT2D eigenvalue weighted by Crippen LogP contribution is -2.21. The van der Waals surface area contributed by atoms with Gasteiger partial charge in [0.25, 0.3) is 5.91 Å². The summed E-state index contributed by atoms with van der Waals surface area (Å²) in [6.07, 6.45) is 0. The number of carbonyl (C=O) groups excluding carboxylic acids is 1. The van der Waals surface area contributed by atoms with Gasteiger partial charge in [0.2, 0.25) is 0 Å². The first-order valence-corrected chi connectivity index (χ1v) is 8.64. The van der Waals surface area contributed by atoms with Crippen molar-refractivity contribution in [1.82, 2.24) is 10.3 Å². The van der Waals surface area contributed by atoms with E-state index in [9.17, 15) is 9.18 Å². The Morgan fingerprint density at radius 3 is 2.83 bits per heavy atom. The molecule has 0 atom stereocenters. The van der Waals surface area contributed by atoms with Crippen LogP contribution in [0.15, 0.2) is 48.5 Å². The van der Waals surface area contributed by atoms with E-state index in [0.29, 0.717) is 11.4 Å². The predicted molar refractivity (Wildman–Crippen MR) is 92.6 cm³/mol. The van der Waals surface area contributed by atoms with E-state index in [4.69, 9.17) is 0 Å². The van der Waals surface area contributed by atoms with Gasteiger partial charge in [0, 0.05) is 4.70 Å². The van der Waals surface area contributed by atoms with Crippen LogP contribution < -0.4 is 5.32 Å². The second-order valence-corrected chi connectivity index (χ2v) is 7.25. The van der Waals surface area contributed by atoms with E-state index in [0.717, 1.165) is 25.3 Å². The van der Waals surface area contributed by atoms with Crippen LogP contribution in [0.5, 0.6) is 0 Å². The molecule has 0 bridgehead atoms. The number of benzene rings is 2. The first kappa shape index (κ1) is 14.3. The number of aromatic nitrogens is 1. The quantitative estimate of drug-likeness (QED) is 0.592. The minimum Gasteiger partial charge on any atom is -0.345 e. The summed E-state index contributed by atoms with van der Waals surface area (Å²) in [7, 11) is 0. The van der Waals surface area contributed by atoms with E-state index < -0.39 is 0 Å². The zero-order valence-corrected chi connectivity index (χ0v) is 13.5. The first-order chi connectivity index (χ1) is 11.2. The van der Waals surface area contributed by atoms with Crippen molar-refractivity contribution in [3.8, 4) is 0 Å². The maximum absolute atomic E-state index is 13.2. The van der Waals surface area contributed by atoms with Gasteiger partial charge in [-0.05, 0) is 41.8 Å². The van der Waals surface area contributed by atoms with Crippen LogP contribution in [0, 0.1) is 5.82 Å². The topological polar surface area (TPSA) is 42.0 Å². The highest BCUT2D eigenvalue weighted by Crippen LogP contribution is 2.26. The number of amides is 1. The molecule has 0 aliphatic carbocycles. The van der Waals surface area contributed by atoms with Gasteiger partial charge in [0.05, 0.1) is 21.6 Å². The summed E-state index contributed by atoms with van der Waals surface area (Å²) < 4.78 is 15.2. The molecule has 2 aromatic heterocycles. The number of hydrogen-bond acceptors (Lipinski definition) is 4. The van der Waals surface area contributed by atoms with Crippen molar-refractivity contribution in [2.45, 2.75) is 6.54 Å². The molecule has 1 N–H and O–H groups in total. The Morgan fingerprint density at radius 1 is 1.09 bits per heavy atom. The molecular formula is C17H11FN2OS2. The number of nitrogens with one attached hydrogen (secondary N) is 1. The van der Waals surface area contributed by atoms with Gasteiger partial charge < -0.3 is 5.32 Å². The molecule has 2 aromatic carbocycles. The van der Waals surface area contributed by atoms with Gasteiger partial charge in [-0.3, -0.25) is 4.79 Å². The molecule has 2 heterocycles. The van der Waals surface area contributed by atoms with Crippen molar-refractivity contribution in [2.24, 2.45) is 0 Å². The zero-order chi connectivity index (χ0) is 15.8. The van der Waals surface area contributed by atoms with E-state index in [1.165, 1.54) is 23.5 Å². The number of hydrogen-bond donors (Lipinski definition) is 1. The van der Waals surface area contributed by atoms with Gasteiger partial charge in [-0.1, -0.05) is 12.1 Å². The summed E-state index contributed by atoms with van der Waals surface area (Å²) >= 11 is 2.93. The molecule has 4 aromatic rings. The second-order valence-electron chi connectivity index (χ2n) is 5.05. The van der Waals surface area contributed by atoms with E-state index in [-0.39, 0.29) is 11.7 Å². The van der Waals surface area contributed by atoms with Crippen LogP contribution in [-0.2, 0) is 6.54 Å². The molecule has 0 aliphatic heterocycles. The highest BCUT2D eigenvalue weighted by atomic mass is 32.1. The summed E-state index contributed by atoms with van der Waals surface area (Å²) in [6, 6.07) is 14.1. The van der Waals surface area contributed by atoms with Gasteiger partial charge in [0.1, 0.15) is 10.8 Å². The summed E-state index contributed by atoms with van der Waals surface area (Å²) in [4.78, 5) is 17.3. The van der Waals surface area contributed by atoms with Crippen LogP contribution in [0.25, 0.3) is 20.3 Å². The largest absolute Gasteiger partial charge is 0.345 e. The number of carbonyl (C=O) groups is 1. The number of halogens is 1. The Morgan fingerprint density at radius 2 is 1.96 bits per heavy atom. The fourth-order valence-electron chi connectivity index (χ4n) is 2.36. The third-order valence-electron chi connectivity index (χ3n) is 3.44. The normalized spacial score (nSPS) is 11.2. The minimum absolute atomic E-state index is 0.161. The molecule has 6 heteroatoms. The molecule has 23 heavy (non-hydrogen) atoms. The zero-order valence-electron chi connectivity index (χ0n) is 11.9. The third-order valence-corrected chi connectivity index (χ3v) is 5.59. The highest BCUT2D eigenvalue weighted by Gasteiger charge is 2.11. The fraction of sp³-hybridized carbons (Fsp3) is 0.0588. The van der Waals surface area contributed by atoms with Crippen molar-refractivity contribution < 1.29 is 9.18 Å². The van der Waals surface area contributed by atoms with Crippen LogP contribution in [0.4, 0.5) is 4.39 Å². The molecule has 4 rings (SSSR count). The van der Waals surface area contributed by atoms with Crippen LogP contribution in [0.1, 0.15) is 14.7 Å². The Hall–Kier alpha value is -2.31. The van der Waals surface area contributed by atoms with Crippen LogP contribution in [0.3, 0.4) is 0 Å². The number of thiazole rings is 1. The maximum atomic E-state index is 13.2. The SMILES string of the molecule is O=C(NCc1nc2ccccc2s1)c1cc2cc(F)ccc2s1. The Balaban J connectivity index is 1.52. The van der Waals surface area contributed by atoms with Gasteiger partial charge in [-0.15, -0.1) is 22.7 Å². The Labute approximate surface area is 139 Å². The molecule has 0 saturated heterocycles. The maximum Gasteiger partial charge on any atom is 0.261 e. The van der Waals surface area contributed by atoms with Gasteiger partial charge in [-0.2, -0.15) is 0 Å². The average molecular weight is 342 g/mol. The third kappa shape index (κ3) is 2.83. The van der Waals surface area contributed by atoms with E-state index >= 15 is 0 Å². The lowest BCUT2D eigenvalue weighted by atomic mass is 10.2. The van der Waals surface area contributed by atoms with Crippen LogP contribution >= 0.6 is 22.7 Å². The molecule has 0 unspecified atom stereocenters. The van der Waals surface area contributed by atoms with E-state index in [1.54, 1.807) is 23.5 Å². The fourth-order valence-corrected chi connectivity index (χ4v) is 4.23. The molecule has 3 nitrogen and oxygen atoms in total. The molecule has 0 spiro atoms. The molecule has 0 fully saturated rings. The number of para-hydroxylation sites is 1. The van der Waals surface area contributed by atoms with Gasteiger partial charge >= 0.3 is 0 Å². The molecule has 114 valence electrons. The highest BCUT2D eigenvalue weighted by molar-refractivity contribution is 7.20. The summed E-state index contributed by atoms with van der Waals surface area (Å²) in [5.41, 5.74) is 0.944. The predicted octanol–water partition coefficient (Wildman–Crippen LogP) is 4.58. The van der Waals surface area contributed by atoms with Crippen molar-refractivity contribution in [3.05, 3.63) is 64.2 Å². The summed E-state index contributed by atoms with van der Waals surface area (Å²) in [6.45, 7) is 0.390. The monoisotopic (exact) mass is 342 g/mol. The number of nitrogens with zero attached hydrogens (tertiary/aromatic N) is 1. The molecule has 0 saturated carbocycles. The molecule has 0 radical (unpaired) electrons. The summed E-state index contributed by atoms with van der Waals surface area (Å²) in [5, 5.41) is 4.49. The van der Waals surface area contributed by atoms with Crippen molar-refractivity contribution in [3.63, 3.8) is 0 Å². The Bertz CT molecular complexity index is 989. The average Bonchev–Trinajstić information content (AvgIpc) is 3.15. The van der Waals surface area contributed by atoms with Crippen LogP contribution in [0.2, 0.25) is 0 Å². The van der Waals surface area contributed by atoms with Crippen molar-refractivity contribution in [2.75, 3.05) is 0 Å². The van der Waals surface area contributed by atoms with E-state index in [2.05, 4.69) is 10.3 Å². The number of thiophene rings is 1. The van der Waals surface area contributed by atoms with Crippen LogP contribution in [-0.4, -0.2) is 10.9 Å². The lowest BCUT2D eigenvalue weighted by Gasteiger charge is -1.99. The summed E-state index contributed by atoms with van der Waals surface area (Å²) in [5.74, 6) is -0.456. The van der Waals surface area contributed by atoms with Crippen molar-refractivity contribution in [1.29, 1.82) is 0 Å². The minimum atomic E-state index is -0.295. The van der Waals surface area contributed by atoms with Gasteiger partial charge in [0.15, 0.2) is 0 Å². The number of fused-ring (bicyclic) bond motifs is 2. The van der Waals surface area contributed by atoms with Crippen molar-refractivity contribution >= 4 is 48.9 Å². The first-order valence-electron chi connectivity index (χ1n) is 7.01. The number of rotatable bonds is 3. The molecule has 1 amide bonds. The second kappa shape index (κ2) is 5.72.